The quantitative estimate of drug-likeness (QED) is 0.439. The summed E-state index contributed by atoms with van der Waals surface area (Å²) in [6, 6.07) is 0. The van der Waals surface area contributed by atoms with E-state index in [1.165, 1.54) is 31.4 Å². The molecule has 0 unspecified atom stereocenters. The van der Waals surface area contributed by atoms with Crippen molar-refractivity contribution in [2.24, 2.45) is 0 Å². The molecule has 84 valence electrons. The van der Waals surface area contributed by atoms with Crippen LogP contribution < -0.4 is 0 Å². The zero-order chi connectivity index (χ0) is 10.6. The predicted molar refractivity (Wildman–Crippen MR) is 62.7 cm³/mol. The molecule has 0 atom stereocenters. The van der Waals surface area contributed by atoms with Crippen molar-refractivity contribution in [3.63, 3.8) is 0 Å². The van der Waals surface area contributed by atoms with Gasteiger partial charge in [-0.1, -0.05) is 26.2 Å². The molecule has 0 aliphatic rings. The maximum atomic E-state index is 10.9. The summed E-state index contributed by atoms with van der Waals surface area (Å²) in [5.74, 6) is 2.03. The fourth-order valence-electron chi connectivity index (χ4n) is 1.12. The smallest absolute Gasteiger partial charge is 0.306 e. The second-order valence-corrected chi connectivity index (χ2v) is 4.45. The van der Waals surface area contributed by atoms with Gasteiger partial charge in [0.2, 0.25) is 0 Å². The topological polar surface area (TPSA) is 26.3 Å². The molecule has 0 amide bonds. The Morgan fingerprint density at radius 1 is 1.14 bits per heavy atom. The van der Waals surface area contributed by atoms with E-state index in [0.29, 0.717) is 13.0 Å². The number of carbonyl (C=O) groups excluding carboxylic acids is 1. The van der Waals surface area contributed by atoms with Crippen molar-refractivity contribution in [3.8, 4) is 0 Å². The molecule has 0 N–H and O–H groups in total. The Hall–Kier alpha value is -0.180. The Morgan fingerprint density at radius 2 is 1.93 bits per heavy atom. The molecule has 0 saturated carbocycles. The molecule has 0 aromatic heterocycles. The Kier molecular flexibility index (Phi) is 10.8. The van der Waals surface area contributed by atoms with Crippen LogP contribution in [0.15, 0.2) is 0 Å². The molecule has 0 heterocycles. The molecule has 2 nitrogen and oxygen atoms in total. The number of ether oxygens (including phenoxy) is 1. The molecule has 0 bridgehead atoms. The molecule has 0 aliphatic carbocycles. The summed E-state index contributed by atoms with van der Waals surface area (Å²) in [6.07, 6.45) is 5.78. The molecule has 0 radical (unpaired) electrons. The minimum absolute atomic E-state index is 0.0615. The zero-order valence-corrected chi connectivity index (χ0v) is 10.2. The highest BCUT2D eigenvalue weighted by molar-refractivity contribution is 7.99. The minimum Gasteiger partial charge on any atom is -0.466 e. The Morgan fingerprint density at radius 3 is 2.57 bits per heavy atom. The standard InChI is InChI=1S/C11H22O2S/c1-3-5-6-7-9-14-10-8-11(12)13-4-2/h3-10H2,1-2H3. The molecular weight excluding hydrogens is 196 g/mol. The first kappa shape index (κ1) is 13.8. The van der Waals surface area contributed by atoms with Gasteiger partial charge in [-0.05, 0) is 19.1 Å². The summed E-state index contributed by atoms with van der Waals surface area (Å²) in [4.78, 5) is 10.9. The normalized spacial score (nSPS) is 10.1. The summed E-state index contributed by atoms with van der Waals surface area (Å²) < 4.78 is 4.83. The average Bonchev–Trinajstić information content (AvgIpc) is 2.17. The predicted octanol–water partition coefficient (Wildman–Crippen LogP) is 3.25. The first-order valence-electron chi connectivity index (χ1n) is 5.54. The van der Waals surface area contributed by atoms with Crippen LogP contribution in [0.2, 0.25) is 0 Å². The third-order valence-corrected chi connectivity index (χ3v) is 2.97. The lowest BCUT2D eigenvalue weighted by atomic mass is 10.2. The average molecular weight is 218 g/mol. The van der Waals surface area contributed by atoms with E-state index >= 15 is 0 Å². The second kappa shape index (κ2) is 10.9. The van der Waals surface area contributed by atoms with Gasteiger partial charge in [-0.3, -0.25) is 4.79 Å². The minimum atomic E-state index is -0.0615. The van der Waals surface area contributed by atoms with Crippen molar-refractivity contribution >= 4 is 17.7 Å². The van der Waals surface area contributed by atoms with Gasteiger partial charge in [-0.25, -0.2) is 0 Å². The third-order valence-electron chi connectivity index (χ3n) is 1.90. The van der Waals surface area contributed by atoms with Gasteiger partial charge in [0.15, 0.2) is 0 Å². The number of hydrogen-bond donors (Lipinski definition) is 0. The van der Waals surface area contributed by atoms with Gasteiger partial charge in [-0.2, -0.15) is 11.8 Å². The number of hydrogen-bond acceptors (Lipinski definition) is 3. The summed E-state index contributed by atoms with van der Waals surface area (Å²) in [5.41, 5.74) is 0. The molecule has 14 heavy (non-hydrogen) atoms. The highest BCUT2D eigenvalue weighted by Crippen LogP contribution is 2.08. The van der Waals surface area contributed by atoms with Crippen molar-refractivity contribution in [3.05, 3.63) is 0 Å². The second-order valence-electron chi connectivity index (χ2n) is 3.23. The number of unbranched alkanes of at least 4 members (excludes halogenated alkanes) is 3. The van der Waals surface area contributed by atoms with E-state index in [4.69, 9.17) is 4.74 Å². The Labute approximate surface area is 91.8 Å². The molecule has 0 saturated heterocycles. The highest BCUT2D eigenvalue weighted by Gasteiger charge is 2.00. The van der Waals surface area contributed by atoms with E-state index in [-0.39, 0.29) is 5.97 Å². The maximum Gasteiger partial charge on any atom is 0.306 e. The van der Waals surface area contributed by atoms with Crippen LogP contribution in [0.25, 0.3) is 0 Å². The van der Waals surface area contributed by atoms with E-state index in [9.17, 15) is 4.79 Å². The van der Waals surface area contributed by atoms with Crippen molar-refractivity contribution in [1.82, 2.24) is 0 Å². The largest absolute Gasteiger partial charge is 0.466 e. The highest BCUT2D eigenvalue weighted by atomic mass is 32.2. The van der Waals surface area contributed by atoms with Gasteiger partial charge in [0, 0.05) is 5.75 Å². The maximum absolute atomic E-state index is 10.9. The van der Waals surface area contributed by atoms with Gasteiger partial charge in [-0.15, -0.1) is 0 Å². The number of thioether (sulfide) groups is 1. The summed E-state index contributed by atoms with van der Waals surface area (Å²) in [7, 11) is 0. The third kappa shape index (κ3) is 9.90. The number of rotatable bonds is 9. The first-order chi connectivity index (χ1) is 6.81. The van der Waals surface area contributed by atoms with Crippen molar-refractivity contribution in [1.29, 1.82) is 0 Å². The van der Waals surface area contributed by atoms with Crippen LogP contribution in [0.3, 0.4) is 0 Å². The van der Waals surface area contributed by atoms with Crippen molar-refractivity contribution in [2.75, 3.05) is 18.1 Å². The molecular formula is C11H22O2S. The van der Waals surface area contributed by atoms with Gasteiger partial charge >= 0.3 is 5.97 Å². The lowest BCUT2D eigenvalue weighted by Gasteiger charge is -2.01. The van der Waals surface area contributed by atoms with E-state index in [0.717, 1.165) is 5.75 Å². The molecule has 0 aromatic rings. The SMILES string of the molecule is CCCCCCSCCC(=O)OCC. The van der Waals surface area contributed by atoms with Crippen LogP contribution >= 0.6 is 11.8 Å². The van der Waals surface area contributed by atoms with Gasteiger partial charge in [0.05, 0.1) is 13.0 Å². The number of carbonyl (C=O) groups is 1. The molecule has 0 rings (SSSR count). The summed E-state index contributed by atoms with van der Waals surface area (Å²) in [5, 5.41) is 0. The zero-order valence-electron chi connectivity index (χ0n) is 9.38. The van der Waals surface area contributed by atoms with Gasteiger partial charge < -0.3 is 4.74 Å². The van der Waals surface area contributed by atoms with Crippen LogP contribution in [0.1, 0.15) is 46.0 Å². The van der Waals surface area contributed by atoms with Crippen LogP contribution in [-0.4, -0.2) is 24.1 Å². The summed E-state index contributed by atoms with van der Waals surface area (Å²) in [6.45, 7) is 4.56. The van der Waals surface area contributed by atoms with E-state index in [2.05, 4.69) is 6.92 Å². The van der Waals surface area contributed by atoms with Gasteiger partial charge in [0.25, 0.3) is 0 Å². The van der Waals surface area contributed by atoms with Crippen LogP contribution in [0.5, 0.6) is 0 Å². The summed E-state index contributed by atoms with van der Waals surface area (Å²) >= 11 is 1.86. The van der Waals surface area contributed by atoms with E-state index in [1.54, 1.807) is 0 Å². The fourth-order valence-corrected chi connectivity index (χ4v) is 2.04. The molecule has 0 fully saturated rings. The molecule has 0 aliphatic heterocycles. The van der Waals surface area contributed by atoms with Crippen LogP contribution in [0.4, 0.5) is 0 Å². The first-order valence-corrected chi connectivity index (χ1v) is 6.70. The lowest BCUT2D eigenvalue weighted by Crippen LogP contribution is -2.04. The van der Waals surface area contributed by atoms with E-state index in [1.807, 2.05) is 18.7 Å². The van der Waals surface area contributed by atoms with Crippen molar-refractivity contribution < 1.29 is 9.53 Å². The Bertz CT molecular complexity index is 137. The van der Waals surface area contributed by atoms with Gasteiger partial charge in [0.1, 0.15) is 0 Å². The van der Waals surface area contributed by atoms with Crippen LogP contribution in [-0.2, 0) is 9.53 Å². The van der Waals surface area contributed by atoms with Crippen molar-refractivity contribution in [2.45, 2.75) is 46.0 Å². The molecule has 0 aromatic carbocycles. The molecule has 0 spiro atoms. The van der Waals surface area contributed by atoms with E-state index < -0.39 is 0 Å². The fraction of sp³-hybridized carbons (Fsp3) is 0.909. The Balaban J connectivity index is 3.01. The number of esters is 1. The lowest BCUT2D eigenvalue weighted by molar-refractivity contribution is -0.142. The monoisotopic (exact) mass is 218 g/mol. The molecule has 3 heteroatoms. The van der Waals surface area contributed by atoms with Crippen LogP contribution in [0, 0.1) is 0 Å².